The first kappa shape index (κ1) is 17.8. The Kier molecular flexibility index (Phi) is 6.21. The van der Waals surface area contributed by atoms with Gasteiger partial charge in [-0.05, 0) is 42.3 Å². The number of anilines is 1. The van der Waals surface area contributed by atoms with Gasteiger partial charge in [-0.2, -0.15) is 0 Å². The summed E-state index contributed by atoms with van der Waals surface area (Å²) in [5.74, 6) is 1.91. The fourth-order valence-corrected chi connectivity index (χ4v) is 2.17. The summed E-state index contributed by atoms with van der Waals surface area (Å²) in [5, 5.41) is 2.83. The van der Waals surface area contributed by atoms with Gasteiger partial charge in [0.05, 0.1) is 13.2 Å². The van der Waals surface area contributed by atoms with Gasteiger partial charge >= 0.3 is 0 Å². The Morgan fingerprint density at radius 2 is 1.75 bits per heavy atom. The van der Waals surface area contributed by atoms with Crippen molar-refractivity contribution in [3.8, 4) is 17.2 Å². The first-order valence-electron chi connectivity index (χ1n) is 8.02. The minimum Gasteiger partial charge on any atom is -0.493 e. The van der Waals surface area contributed by atoms with Crippen LogP contribution < -0.4 is 20.5 Å². The SMILES string of the molecule is CCC(C)C(N)C(=O)Nc1ccc(Oc2ccccc2OC)cc1. The standard InChI is InChI=1S/C19H24N2O3/c1-4-13(2)18(20)19(22)21-14-9-11-15(12-10-14)24-17-8-6-5-7-16(17)23-3/h5-13,18H,4,20H2,1-3H3,(H,21,22). The molecule has 0 bridgehead atoms. The van der Waals surface area contributed by atoms with Gasteiger partial charge in [-0.3, -0.25) is 4.79 Å². The highest BCUT2D eigenvalue weighted by atomic mass is 16.5. The predicted molar refractivity (Wildman–Crippen MR) is 95.6 cm³/mol. The number of hydrogen-bond acceptors (Lipinski definition) is 4. The van der Waals surface area contributed by atoms with Crippen LogP contribution in [0.3, 0.4) is 0 Å². The molecule has 0 radical (unpaired) electrons. The molecule has 2 aromatic rings. The lowest BCUT2D eigenvalue weighted by Gasteiger charge is -2.17. The van der Waals surface area contributed by atoms with Crippen LogP contribution in [0.25, 0.3) is 0 Å². The van der Waals surface area contributed by atoms with Gasteiger partial charge in [0.25, 0.3) is 0 Å². The van der Waals surface area contributed by atoms with Crippen molar-refractivity contribution in [3.63, 3.8) is 0 Å². The van der Waals surface area contributed by atoms with Gasteiger partial charge in [0.15, 0.2) is 11.5 Å². The van der Waals surface area contributed by atoms with Crippen LogP contribution in [0.1, 0.15) is 20.3 Å². The number of rotatable bonds is 7. The number of para-hydroxylation sites is 2. The highest BCUT2D eigenvalue weighted by molar-refractivity contribution is 5.94. The molecule has 0 fully saturated rings. The van der Waals surface area contributed by atoms with Gasteiger partial charge < -0.3 is 20.5 Å². The molecule has 0 saturated carbocycles. The van der Waals surface area contributed by atoms with Crippen molar-refractivity contribution in [1.29, 1.82) is 0 Å². The summed E-state index contributed by atoms with van der Waals surface area (Å²) in [7, 11) is 1.60. The molecule has 0 aliphatic rings. The smallest absolute Gasteiger partial charge is 0.241 e. The molecule has 0 aliphatic carbocycles. The van der Waals surface area contributed by atoms with Crippen molar-refractivity contribution in [1.82, 2.24) is 0 Å². The number of ether oxygens (including phenoxy) is 2. The predicted octanol–water partition coefficient (Wildman–Crippen LogP) is 3.80. The average Bonchev–Trinajstić information content (AvgIpc) is 2.62. The highest BCUT2D eigenvalue weighted by Crippen LogP contribution is 2.31. The van der Waals surface area contributed by atoms with Crippen LogP contribution in [0.15, 0.2) is 48.5 Å². The number of nitrogens with one attached hydrogen (secondary N) is 1. The number of benzene rings is 2. The maximum atomic E-state index is 12.1. The van der Waals surface area contributed by atoms with E-state index in [4.69, 9.17) is 15.2 Å². The zero-order valence-electron chi connectivity index (χ0n) is 14.3. The molecular formula is C19H24N2O3. The Hall–Kier alpha value is -2.53. The summed E-state index contributed by atoms with van der Waals surface area (Å²) in [6.45, 7) is 3.98. The average molecular weight is 328 g/mol. The summed E-state index contributed by atoms with van der Waals surface area (Å²) < 4.78 is 11.1. The van der Waals surface area contributed by atoms with Gasteiger partial charge in [-0.1, -0.05) is 32.4 Å². The van der Waals surface area contributed by atoms with E-state index >= 15 is 0 Å². The number of nitrogens with two attached hydrogens (primary N) is 1. The number of amides is 1. The Labute approximate surface area is 142 Å². The maximum Gasteiger partial charge on any atom is 0.241 e. The zero-order chi connectivity index (χ0) is 17.5. The second-order valence-electron chi connectivity index (χ2n) is 5.68. The lowest BCUT2D eigenvalue weighted by Crippen LogP contribution is -2.40. The van der Waals surface area contributed by atoms with E-state index in [1.165, 1.54) is 0 Å². The molecule has 2 rings (SSSR count). The van der Waals surface area contributed by atoms with E-state index in [1.807, 2.05) is 38.1 Å². The molecule has 0 spiro atoms. The lowest BCUT2D eigenvalue weighted by molar-refractivity contribution is -0.118. The van der Waals surface area contributed by atoms with Crippen LogP contribution in [-0.4, -0.2) is 19.1 Å². The molecule has 0 saturated heterocycles. The fourth-order valence-electron chi connectivity index (χ4n) is 2.17. The van der Waals surface area contributed by atoms with Crippen LogP contribution in [-0.2, 0) is 4.79 Å². The van der Waals surface area contributed by atoms with Crippen molar-refractivity contribution in [2.24, 2.45) is 11.7 Å². The Morgan fingerprint density at radius 1 is 1.12 bits per heavy atom. The zero-order valence-corrected chi connectivity index (χ0v) is 14.3. The normalized spacial score (nSPS) is 13.0. The van der Waals surface area contributed by atoms with E-state index in [0.29, 0.717) is 22.9 Å². The van der Waals surface area contributed by atoms with E-state index in [1.54, 1.807) is 31.4 Å². The molecule has 2 atom stereocenters. The summed E-state index contributed by atoms with van der Waals surface area (Å²) in [6, 6.07) is 14.1. The molecule has 0 heterocycles. The summed E-state index contributed by atoms with van der Waals surface area (Å²) in [4.78, 5) is 12.1. The van der Waals surface area contributed by atoms with Crippen molar-refractivity contribution >= 4 is 11.6 Å². The van der Waals surface area contributed by atoms with E-state index in [9.17, 15) is 4.79 Å². The maximum absolute atomic E-state index is 12.1. The molecular weight excluding hydrogens is 304 g/mol. The van der Waals surface area contributed by atoms with Crippen LogP contribution in [0.5, 0.6) is 17.2 Å². The van der Waals surface area contributed by atoms with Crippen LogP contribution in [0, 0.1) is 5.92 Å². The summed E-state index contributed by atoms with van der Waals surface area (Å²) >= 11 is 0. The second-order valence-corrected chi connectivity index (χ2v) is 5.68. The number of carbonyl (C=O) groups is 1. The van der Waals surface area contributed by atoms with E-state index in [2.05, 4.69) is 5.32 Å². The fraction of sp³-hybridized carbons (Fsp3) is 0.316. The molecule has 2 aromatic carbocycles. The third-order valence-electron chi connectivity index (χ3n) is 3.98. The van der Waals surface area contributed by atoms with Crippen molar-refractivity contribution in [2.45, 2.75) is 26.3 Å². The van der Waals surface area contributed by atoms with Gasteiger partial charge in [0.2, 0.25) is 5.91 Å². The quantitative estimate of drug-likeness (QED) is 0.811. The van der Waals surface area contributed by atoms with Crippen LogP contribution in [0.4, 0.5) is 5.69 Å². The molecule has 128 valence electrons. The summed E-state index contributed by atoms with van der Waals surface area (Å²) in [6.07, 6.45) is 0.861. The summed E-state index contributed by atoms with van der Waals surface area (Å²) in [5.41, 5.74) is 6.62. The Morgan fingerprint density at radius 3 is 2.33 bits per heavy atom. The van der Waals surface area contributed by atoms with Gasteiger partial charge in [0.1, 0.15) is 5.75 Å². The minimum absolute atomic E-state index is 0.137. The van der Waals surface area contributed by atoms with E-state index in [0.717, 1.165) is 6.42 Å². The number of hydrogen-bond donors (Lipinski definition) is 2. The molecule has 24 heavy (non-hydrogen) atoms. The third-order valence-corrected chi connectivity index (χ3v) is 3.98. The highest BCUT2D eigenvalue weighted by Gasteiger charge is 2.19. The van der Waals surface area contributed by atoms with Crippen molar-refractivity contribution in [2.75, 3.05) is 12.4 Å². The molecule has 0 aliphatic heterocycles. The molecule has 2 unspecified atom stereocenters. The molecule has 5 heteroatoms. The van der Waals surface area contributed by atoms with Gasteiger partial charge in [0, 0.05) is 5.69 Å². The largest absolute Gasteiger partial charge is 0.493 e. The van der Waals surface area contributed by atoms with Crippen molar-refractivity contribution < 1.29 is 14.3 Å². The van der Waals surface area contributed by atoms with Gasteiger partial charge in [-0.15, -0.1) is 0 Å². The van der Waals surface area contributed by atoms with E-state index < -0.39 is 6.04 Å². The number of carbonyl (C=O) groups excluding carboxylic acids is 1. The minimum atomic E-state index is -0.514. The molecule has 0 aromatic heterocycles. The second kappa shape index (κ2) is 8.36. The van der Waals surface area contributed by atoms with Crippen LogP contribution >= 0.6 is 0 Å². The first-order chi connectivity index (χ1) is 11.5. The Bertz CT molecular complexity index is 671. The molecule has 5 nitrogen and oxygen atoms in total. The molecule has 1 amide bonds. The molecule has 3 N–H and O–H groups in total. The lowest BCUT2D eigenvalue weighted by atomic mass is 9.99. The van der Waals surface area contributed by atoms with Crippen molar-refractivity contribution in [3.05, 3.63) is 48.5 Å². The van der Waals surface area contributed by atoms with Crippen LogP contribution in [0.2, 0.25) is 0 Å². The monoisotopic (exact) mass is 328 g/mol. The van der Waals surface area contributed by atoms with E-state index in [-0.39, 0.29) is 11.8 Å². The topological polar surface area (TPSA) is 73.6 Å². The Balaban J connectivity index is 2.02. The third kappa shape index (κ3) is 4.49. The number of methoxy groups -OCH3 is 1. The van der Waals surface area contributed by atoms with Gasteiger partial charge in [-0.25, -0.2) is 0 Å². The first-order valence-corrected chi connectivity index (χ1v) is 8.02.